The average Bonchev–Trinajstić information content (AvgIpc) is 2.12. The molecule has 0 heterocycles. The Bertz CT molecular complexity index is 383. The first kappa shape index (κ1) is 11.5. The van der Waals surface area contributed by atoms with Crippen LogP contribution in [0.25, 0.3) is 0 Å². The minimum absolute atomic E-state index is 0.362. The molecule has 2 N–H and O–H groups in total. The van der Waals surface area contributed by atoms with Gasteiger partial charge in [-0.2, -0.15) is 0 Å². The van der Waals surface area contributed by atoms with Crippen LogP contribution in [0.15, 0.2) is 18.2 Å². The van der Waals surface area contributed by atoms with Crippen molar-refractivity contribution in [2.45, 2.75) is 6.92 Å². The van der Waals surface area contributed by atoms with Crippen molar-refractivity contribution >= 4 is 23.5 Å². The summed E-state index contributed by atoms with van der Waals surface area (Å²) in [4.78, 5) is 21.6. The lowest BCUT2D eigenvalue weighted by molar-refractivity contribution is -0.135. The molecule has 1 amide bonds. The van der Waals surface area contributed by atoms with Gasteiger partial charge in [0.25, 0.3) is 5.91 Å². The van der Waals surface area contributed by atoms with Crippen molar-refractivity contribution < 1.29 is 14.7 Å². The van der Waals surface area contributed by atoms with Crippen LogP contribution in [0.5, 0.6) is 0 Å². The third-order valence-corrected chi connectivity index (χ3v) is 1.92. The van der Waals surface area contributed by atoms with Crippen molar-refractivity contribution in [3.63, 3.8) is 0 Å². The van der Waals surface area contributed by atoms with Crippen LogP contribution in [-0.2, 0) is 4.79 Å². The van der Waals surface area contributed by atoms with Crippen LogP contribution in [0, 0.1) is 6.92 Å². The van der Waals surface area contributed by atoms with E-state index in [1.165, 1.54) is 6.07 Å². The molecule has 0 aromatic heterocycles. The van der Waals surface area contributed by atoms with Crippen molar-refractivity contribution in [3.8, 4) is 0 Å². The van der Waals surface area contributed by atoms with Gasteiger partial charge < -0.3 is 10.4 Å². The number of hydrogen-bond acceptors (Lipinski definition) is 2. The standard InChI is InChI=1S/C10H10ClNO3/c1-6-2-7(4-8(11)3-6)10(15)12-5-9(13)14/h2-4H,5H2,1H3,(H,12,15)(H,13,14). The van der Waals surface area contributed by atoms with E-state index in [1.807, 2.05) is 0 Å². The molecule has 4 nitrogen and oxygen atoms in total. The maximum absolute atomic E-state index is 11.4. The van der Waals surface area contributed by atoms with E-state index in [9.17, 15) is 9.59 Å². The molecule has 0 aliphatic carbocycles. The Kier molecular flexibility index (Phi) is 3.68. The van der Waals surface area contributed by atoms with Gasteiger partial charge in [-0.25, -0.2) is 0 Å². The minimum atomic E-state index is -1.08. The predicted molar refractivity (Wildman–Crippen MR) is 56.2 cm³/mol. The molecule has 0 aliphatic heterocycles. The lowest BCUT2D eigenvalue weighted by Gasteiger charge is -2.04. The topological polar surface area (TPSA) is 66.4 Å². The fourth-order valence-corrected chi connectivity index (χ4v) is 1.42. The fourth-order valence-electron chi connectivity index (χ4n) is 1.13. The Morgan fingerprint density at radius 3 is 2.60 bits per heavy atom. The van der Waals surface area contributed by atoms with Crippen LogP contribution in [0.2, 0.25) is 5.02 Å². The zero-order chi connectivity index (χ0) is 11.4. The first-order chi connectivity index (χ1) is 6.99. The monoisotopic (exact) mass is 227 g/mol. The molecular weight excluding hydrogens is 218 g/mol. The molecule has 1 aromatic rings. The molecule has 80 valence electrons. The van der Waals surface area contributed by atoms with Gasteiger partial charge in [-0.3, -0.25) is 9.59 Å². The van der Waals surface area contributed by atoms with Gasteiger partial charge >= 0.3 is 5.97 Å². The summed E-state index contributed by atoms with van der Waals surface area (Å²) in [6.07, 6.45) is 0. The molecule has 0 spiro atoms. The van der Waals surface area contributed by atoms with Gasteiger partial charge in [0.15, 0.2) is 0 Å². The van der Waals surface area contributed by atoms with E-state index < -0.39 is 18.4 Å². The van der Waals surface area contributed by atoms with E-state index in [0.717, 1.165) is 5.56 Å². The summed E-state index contributed by atoms with van der Waals surface area (Å²) in [5.74, 6) is -1.52. The number of halogens is 1. The van der Waals surface area contributed by atoms with Crippen molar-refractivity contribution in [1.82, 2.24) is 5.32 Å². The first-order valence-electron chi connectivity index (χ1n) is 4.26. The van der Waals surface area contributed by atoms with Crippen molar-refractivity contribution in [3.05, 3.63) is 34.3 Å². The highest BCUT2D eigenvalue weighted by Gasteiger charge is 2.08. The summed E-state index contributed by atoms with van der Waals surface area (Å²) in [5, 5.41) is 11.1. The summed E-state index contributed by atoms with van der Waals surface area (Å²) in [6, 6.07) is 4.85. The lowest BCUT2D eigenvalue weighted by Crippen LogP contribution is -2.29. The Morgan fingerprint density at radius 2 is 2.07 bits per heavy atom. The third-order valence-electron chi connectivity index (χ3n) is 1.70. The molecule has 0 bridgehead atoms. The normalized spacial score (nSPS) is 9.73. The summed E-state index contributed by atoms with van der Waals surface area (Å²) in [6.45, 7) is 1.41. The molecule has 0 radical (unpaired) electrons. The fraction of sp³-hybridized carbons (Fsp3) is 0.200. The van der Waals surface area contributed by atoms with Gasteiger partial charge in [-0.05, 0) is 30.7 Å². The molecule has 0 unspecified atom stereocenters. The maximum Gasteiger partial charge on any atom is 0.322 e. The van der Waals surface area contributed by atoms with Crippen LogP contribution >= 0.6 is 11.6 Å². The number of nitrogens with one attached hydrogen (secondary N) is 1. The quantitative estimate of drug-likeness (QED) is 0.822. The summed E-state index contributed by atoms with van der Waals surface area (Å²) < 4.78 is 0. The largest absolute Gasteiger partial charge is 0.480 e. The van der Waals surface area contributed by atoms with Crippen molar-refractivity contribution in [2.75, 3.05) is 6.54 Å². The molecule has 0 saturated heterocycles. The van der Waals surface area contributed by atoms with Gasteiger partial charge in [-0.15, -0.1) is 0 Å². The molecule has 0 atom stereocenters. The molecule has 5 heteroatoms. The van der Waals surface area contributed by atoms with Crippen molar-refractivity contribution in [1.29, 1.82) is 0 Å². The van der Waals surface area contributed by atoms with Gasteiger partial charge in [0.2, 0.25) is 0 Å². The highest BCUT2D eigenvalue weighted by Crippen LogP contribution is 2.14. The van der Waals surface area contributed by atoms with E-state index in [2.05, 4.69) is 5.32 Å². The molecule has 1 aromatic carbocycles. The van der Waals surface area contributed by atoms with Gasteiger partial charge in [0.1, 0.15) is 6.54 Å². The number of rotatable bonds is 3. The van der Waals surface area contributed by atoms with Crippen molar-refractivity contribution in [2.24, 2.45) is 0 Å². The predicted octanol–water partition coefficient (Wildman–Crippen LogP) is 1.46. The Hall–Kier alpha value is -1.55. The zero-order valence-corrected chi connectivity index (χ0v) is 8.84. The SMILES string of the molecule is Cc1cc(Cl)cc(C(=O)NCC(=O)O)c1. The first-order valence-corrected chi connectivity index (χ1v) is 4.64. The van der Waals surface area contributed by atoms with E-state index in [0.29, 0.717) is 10.6 Å². The molecule has 15 heavy (non-hydrogen) atoms. The summed E-state index contributed by atoms with van der Waals surface area (Å²) in [5.41, 5.74) is 1.21. The zero-order valence-electron chi connectivity index (χ0n) is 8.08. The van der Waals surface area contributed by atoms with E-state index in [4.69, 9.17) is 16.7 Å². The molecule has 1 rings (SSSR count). The second-order valence-electron chi connectivity index (χ2n) is 3.09. The summed E-state index contributed by atoms with van der Waals surface area (Å²) >= 11 is 5.76. The molecule has 0 aliphatic rings. The minimum Gasteiger partial charge on any atom is -0.480 e. The van der Waals surface area contributed by atoms with Gasteiger partial charge in [0.05, 0.1) is 0 Å². The summed E-state index contributed by atoms with van der Waals surface area (Å²) in [7, 11) is 0. The number of aliphatic carboxylic acids is 1. The van der Waals surface area contributed by atoms with Gasteiger partial charge in [0, 0.05) is 10.6 Å². The van der Waals surface area contributed by atoms with Crippen LogP contribution in [0.3, 0.4) is 0 Å². The molecule has 0 fully saturated rings. The average molecular weight is 228 g/mol. The van der Waals surface area contributed by atoms with Crippen LogP contribution < -0.4 is 5.32 Å². The number of carbonyl (C=O) groups excluding carboxylic acids is 1. The van der Waals surface area contributed by atoms with E-state index in [-0.39, 0.29) is 0 Å². The van der Waals surface area contributed by atoms with Crippen LogP contribution in [0.4, 0.5) is 0 Å². The lowest BCUT2D eigenvalue weighted by atomic mass is 10.1. The van der Waals surface area contributed by atoms with Gasteiger partial charge in [-0.1, -0.05) is 11.6 Å². The maximum atomic E-state index is 11.4. The Labute approximate surface area is 91.9 Å². The smallest absolute Gasteiger partial charge is 0.322 e. The van der Waals surface area contributed by atoms with E-state index in [1.54, 1.807) is 19.1 Å². The molecule has 0 saturated carbocycles. The van der Waals surface area contributed by atoms with E-state index >= 15 is 0 Å². The molecular formula is C10H10ClNO3. The second-order valence-corrected chi connectivity index (χ2v) is 3.53. The van der Waals surface area contributed by atoms with Crippen LogP contribution in [-0.4, -0.2) is 23.5 Å². The number of hydrogen-bond donors (Lipinski definition) is 2. The number of aryl methyl sites for hydroxylation is 1. The number of benzene rings is 1. The third kappa shape index (κ3) is 3.59. The number of carboxylic acid groups (broad SMARTS) is 1. The number of carbonyl (C=O) groups is 2. The Balaban J connectivity index is 2.77. The highest BCUT2D eigenvalue weighted by atomic mass is 35.5. The Morgan fingerprint density at radius 1 is 1.40 bits per heavy atom. The number of carboxylic acids is 1. The highest BCUT2D eigenvalue weighted by molar-refractivity contribution is 6.31. The number of amides is 1. The van der Waals surface area contributed by atoms with Crippen LogP contribution in [0.1, 0.15) is 15.9 Å². The second kappa shape index (κ2) is 4.79.